The fourth-order valence-electron chi connectivity index (χ4n) is 3.55. The Morgan fingerprint density at radius 2 is 2.21 bits per heavy atom. The normalized spacial score (nSPS) is 19.8. The summed E-state index contributed by atoms with van der Waals surface area (Å²) < 4.78 is 1.00. The van der Waals surface area contributed by atoms with Crippen molar-refractivity contribution in [1.82, 2.24) is 9.88 Å². The zero-order chi connectivity index (χ0) is 17.1. The molecular weight excluding hydrogens is 368 g/mol. The quantitative estimate of drug-likeness (QED) is 0.853. The largest absolute Gasteiger partial charge is 0.480 e. The SMILES string of the molecule is Cc1cnccc1C(c1cccc(Br)c1)N1CCCCC1C(=O)O. The lowest BCUT2D eigenvalue weighted by Crippen LogP contribution is -2.47. The summed E-state index contributed by atoms with van der Waals surface area (Å²) in [6, 6.07) is 9.63. The Morgan fingerprint density at radius 3 is 2.92 bits per heavy atom. The second kappa shape index (κ2) is 7.45. The molecule has 0 radical (unpaired) electrons. The van der Waals surface area contributed by atoms with E-state index in [1.54, 1.807) is 6.20 Å². The molecule has 2 aromatic rings. The van der Waals surface area contributed by atoms with Crippen LogP contribution in [0.15, 0.2) is 47.2 Å². The van der Waals surface area contributed by atoms with E-state index in [9.17, 15) is 9.90 Å². The van der Waals surface area contributed by atoms with Crippen molar-refractivity contribution in [2.45, 2.75) is 38.3 Å². The van der Waals surface area contributed by atoms with Crippen LogP contribution in [0.5, 0.6) is 0 Å². The van der Waals surface area contributed by atoms with Gasteiger partial charge in [-0.3, -0.25) is 14.7 Å². The maximum Gasteiger partial charge on any atom is 0.320 e. The highest BCUT2D eigenvalue weighted by molar-refractivity contribution is 9.10. The number of carboxylic acid groups (broad SMARTS) is 1. The number of nitrogens with zero attached hydrogens (tertiary/aromatic N) is 2. The van der Waals surface area contributed by atoms with E-state index in [-0.39, 0.29) is 6.04 Å². The van der Waals surface area contributed by atoms with Crippen molar-refractivity contribution >= 4 is 21.9 Å². The van der Waals surface area contributed by atoms with Crippen LogP contribution in [0.2, 0.25) is 0 Å². The highest BCUT2D eigenvalue weighted by Crippen LogP contribution is 2.36. The standard InChI is InChI=1S/C19H21BrN2O2/c1-13-12-21-9-8-16(13)18(14-5-4-6-15(20)11-14)22-10-3-2-7-17(22)19(23)24/h4-6,8-9,11-12,17-18H,2-3,7,10H2,1H3,(H,23,24). The number of hydrogen-bond donors (Lipinski definition) is 1. The van der Waals surface area contributed by atoms with E-state index in [2.05, 4.69) is 37.9 Å². The second-order valence-electron chi connectivity index (χ2n) is 6.28. The Morgan fingerprint density at radius 1 is 1.38 bits per heavy atom. The summed E-state index contributed by atoms with van der Waals surface area (Å²) in [5.41, 5.74) is 3.31. The minimum absolute atomic E-state index is 0.0769. The number of hydrogen-bond acceptors (Lipinski definition) is 3. The highest BCUT2D eigenvalue weighted by atomic mass is 79.9. The van der Waals surface area contributed by atoms with E-state index in [4.69, 9.17) is 0 Å². The number of benzene rings is 1. The molecule has 1 aliphatic rings. The fourth-order valence-corrected chi connectivity index (χ4v) is 3.96. The molecule has 0 saturated carbocycles. The van der Waals surface area contributed by atoms with Gasteiger partial charge in [0.25, 0.3) is 0 Å². The predicted octanol–water partition coefficient (Wildman–Crippen LogP) is 4.18. The number of aryl methyl sites for hydroxylation is 1. The van der Waals surface area contributed by atoms with Crippen LogP contribution in [0.3, 0.4) is 0 Å². The van der Waals surface area contributed by atoms with Gasteiger partial charge in [0, 0.05) is 16.9 Å². The molecule has 1 saturated heterocycles. The molecule has 1 aliphatic heterocycles. The van der Waals surface area contributed by atoms with E-state index >= 15 is 0 Å². The summed E-state index contributed by atoms with van der Waals surface area (Å²) in [6.07, 6.45) is 6.32. The molecule has 4 nitrogen and oxygen atoms in total. The number of piperidine rings is 1. The van der Waals surface area contributed by atoms with E-state index < -0.39 is 12.0 Å². The monoisotopic (exact) mass is 388 g/mol. The Bertz CT molecular complexity index is 735. The topological polar surface area (TPSA) is 53.4 Å². The van der Waals surface area contributed by atoms with Crippen LogP contribution < -0.4 is 0 Å². The van der Waals surface area contributed by atoms with Crippen molar-refractivity contribution < 1.29 is 9.90 Å². The predicted molar refractivity (Wildman–Crippen MR) is 96.9 cm³/mol. The van der Waals surface area contributed by atoms with Crippen LogP contribution in [-0.2, 0) is 4.79 Å². The third kappa shape index (κ3) is 3.52. The number of halogens is 1. The molecular formula is C19H21BrN2O2. The molecule has 24 heavy (non-hydrogen) atoms. The lowest BCUT2D eigenvalue weighted by Gasteiger charge is -2.40. The molecule has 1 aromatic carbocycles. The number of rotatable bonds is 4. The lowest BCUT2D eigenvalue weighted by molar-refractivity contribution is -0.145. The molecule has 5 heteroatoms. The Balaban J connectivity index is 2.11. The van der Waals surface area contributed by atoms with Gasteiger partial charge in [-0.05, 0) is 61.2 Å². The molecule has 0 bridgehead atoms. The Hall–Kier alpha value is -1.72. The van der Waals surface area contributed by atoms with Crippen molar-refractivity contribution in [1.29, 1.82) is 0 Å². The van der Waals surface area contributed by atoms with Crippen LogP contribution in [0.25, 0.3) is 0 Å². The third-order valence-electron chi connectivity index (χ3n) is 4.68. The summed E-state index contributed by atoms with van der Waals surface area (Å²) in [5.74, 6) is -0.735. The van der Waals surface area contributed by atoms with Crippen molar-refractivity contribution in [3.8, 4) is 0 Å². The van der Waals surface area contributed by atoms with Crippen LogP contribution >= 0.6 is 15.9 Å². The Labute approximate surface area is 150 Å². The summed E-state index contributed by atoms with van der Waals surface area (Å²) in [7, 11) is 0. The second-order valence-corrected chi connectivity index (χ2v) is 7.19. The molecule has 0 spiro atoms. The van der Waals surface area contributed by atoms with Gasteiger partial charge in [-0.1, -0.05) is 34.5 Å². The fraction of sp³-hybridized carbons (Fsp3) is 0.368. The number of aliphatic carboxylic acids is 1. The maximum absolute atomic E-state index is 11.8. The first kappa shape index (κ1) is 17.1. The van der Waals surface area contributed by atoms with E-state index in [1.807, 2.05) is 31.3 Å². The molecule has 1 aromatic heterocycles. The van der Waals surface area contributed by atoms with Gasteiger partial charge in [0.15, 0.2) is 0 Å². The third-order valence-corrected chi connectivity index (χ3v) is 5.18. The van der Waals surface area contributed by atoms with Crippen molar-refractivity contribution in [2.75, 3.05) is 6.54 Å². The lowest BCUT2D eigenvalue weighted by atomic mass is 9.90. The van der Waals surface area contributed by atoms with Crippen LogP contribution in [0.4, 0.5) is 0 Å². The van der Waals surface area contributed by atoms with Gasteiger partial charge < -0.3 is 5.11 Å². The van der Waals surface area contributed by atoms with Gasteiger partial charge in [0.1, 0.15) is 6.04 Å². The molecule has 0 amide bonds. The van der Waals surface area contributed by atoms with Gasteiger partial charge in [0.2, 0.25) is 0 Å². The van der Waals surface area contributed by atoms with Crippen molar-refractivity contribution in [2.24, 2.45) is 0 Å². The molecule has 3 rings (SSSR count). The summed E-state index contributed by atoms with van der Waals surface area (Å²) in [5, 5.41) is 9.71. The van der Waals surface area contributed by atoms with Crippen molar-refractivity contribution in [3.63, 3.8) is 0 Å². The summed E-state index contributed by atoms with van der Waals surface area (Å²) >= 11 is 3.54. The number of carbonyl (C=O) groups is 1. The van der Waals surface area contributed by atoms with Gasteiger partial charge >= 0.3 is 5.97 Å². The molecule has 2 heterocycles. The number of pyridine rings is 1. The molecule has 2 unspecified atom stereocenters. The van der Waals surface area contributed by atoms with Crippen LogP contribution in [-0.4, -0.2) is 33.5 Å². The Kier molecular flexibility index (Phi) is 5.31. The average molecular weight is 389 g/mol. The smallest absolute Gasteiger partial charge is 0.320 e. The molecule has 2 atom stereocenters. The average Bonchev–Trinajstić information content (AvgIpc) is 2.57. The molecule has 0 aliphatic carbocycles. The highest BCUT2D eigenvalue weighted by Gasteiger charge is 2.35. The minimum Gasteiger partial charge on any atom is -0.480 e. The summed E-state index contributed by atoms with van der Waals surface area (Å²) in [4.78, 5) is 18.1. The number of carboxylic acids is 1. The van der Waals surface area contributed by atoms with Gasteiger partial charge in [-0.15, -0.1) is 0 Å². The number of likely N-dealkylation sites (tertiary alicyclic amines) is 1. The maximum atomic E-state index is 11.8. The van der Waals surface area contributed by atoms with Crippen molar-refractivity contribution in [3.05, 3.63) is 63.9 Å². The molecule has 1 N–H and O–H groups in total. The van der Waals surface area contributed by atoms with Gasteiger partial charge in [-0.2, -0.15) is 0 Å². The van der Waals surface area contributed by atoms with E-state index in [1.165, 1.54) is 0 Å². The number of aromatic nitrogens is 1. The van der Waals surface area contributed by atoms with E-state index in [0.29, 0.717) is 6.42 Å². The van der Waals surface area contributed by atoms with E-state index in [0.717, 1.165) is 40.5 Å². The molecule has 126 valence electrons. The minimum atomic E-state index is -0.735. The first-order valence-corrected chi connectivity index (χ1v) is 9.02. The van der Waals surface area contributed by atoms with Gasteiger partial charge in [0.05, 0.1) is 6.04 Å². The van der Waals surface area contributed by atoms with Crippen LogP contribution in [0, 0.1) is 6.92 Å². The van der Waals surface area contributed by atoms with Gasteiger partial charge in [-0.25, -0.2) is 0 Å². The first-order chi connectivity index (χ1) is 11.6. The first-order valence-electron chi connectivity index (χ1n) is 8.22. The van der Waals surface area contributed by atoms with Crippen LogP contribution in [0.1, 0.15) is 42.0 Å². The summed E-state index contributed by atoms with van der Waals surface area (Å²) in [6.45, 7) is 2.82. The zero-order valence-corrected chi connectivity index (χ0v) is 15.2. The zero-order valence-electron chi connectivity index (χ0n) is 13.7. The molecule has 1 fully saturated rings.